The molecule has 28 heavy (non-hydrogen) atoms. The molecular weight excluding hydrogens is 366 g/mol. The molecule has 0 aromatic heterocycles. The number of hydrogen-bond acceptors (Lipinski definition) is 7. The molecule has 2 rings (SSSR count). The van der Waals surface area contributed by atoms with Crippen molar-refractivity contribution in [3.05, 3.63) is 35.4 Å². The predicted molar refractivity (Wildman–Crippen MR) is 98.9 cm³/mol. The first-order chi connectivity index (χ1) is 13.4. The van der Waals surface area contributed by atoms with E-state index in [1.807, 2.05) is 13.8 Å². The van der Waals surface area contributed by atoms with E-state index in [1.54, 1.807) is 24.3 Å². The van der Waals surface area contributed by atoms with Crippen LogP contribution in [0.1, 0.15) is 41.0 Å². The number of ketones is 1. The molecule has 0 bridgehead atoms. The van der Waals surface area contributed by atoms with E-state index in [4.69, 9.17) is 14.2 Å². The molecule has 1 aromatic rings. The van der Waals surface area contributed by atoms with E-state index in [0.29, 0.717) is 11.1 Å². The van der Waals surface area contributed by atoms with Crippen LogP contribution in [0.15, 0.2) is 24.3 Å². The molecule has 8 heteroatoms. The van der Waals surface area contributed by atoms with Gasteiger partial charge in [0.2, 0.25) is 0 Å². The highest BCUT2D eigenvalue weighted by atomic mass is 16.5. The van der Waals surface area contributed by atoms with Crippen molar-refractivity contribution in [2.24, 2.45) is 5.92 Å². The van der Waals surface area contributed by atoms with Gasteiger partial charge in [-0.3, -0.25) is 24.1 Å². The Morgan fingerprint density at radius 1 is 0.964 bits per heavy atom. The Hall–Kier alpha value is -2.58. The molecule has 1 aliphatic heterocycles. The summed E-state index contributed by atoms with van der Waals surface area (Å²) in [5.41, 5.74) is 0.808. The van der Waals surface area contributed by atoms with Crippen LogP contribution in [-0.4, -0.2) is 68.0 Å². The van der Waals surface area contributed by atoms with Gasteiger partial charge in [-0.25, -0.2) is 0 Å². The minimum Gasteiger partial charge on any atom is -0.465 e. The second kappa shape index (κ2) is 10.7. The molecule has 0 spiro atoms. The zero-order valence-corrected chi connectivity index (χ0v) is 16.1. The highest BCUT2D eigenvalue weighted by Gasteiger charge is 2.34. The fourth-order valence-corrected chi connectivity index (χ4v) is 2.53. The molecule has 0 N–H and O–H groups in total. The Bertz CT molecular complexity index is 694. The van der Waals surface area contributed by atoms with Crippen molar-refractivity contribution in [3.8, 4) is 0 Å². The molecule has 1 heterocycles. The minimum absolute atomic E-state index is 0.146. The summed E-state index contributed by atoms with van der Waals surface area (Å²) in [7, 11) is 0. The number of esters is 1. The van der Waals surface area contributed by atoms with Crippen molar-refractivity contribution in [1.82, 2.24) is 4.90 Å². The number of imide groups is 1. The van der Waals surface area contributed by atoms with E-state index >= 15 is 0 Å². The van der Waals surface area contributed by atoms with Gasteiger partial charge in [-0.2, -0.15) is 0 Å². The average molecular weight is 391 g/mol. The summed E-state index contributed by atoms with van der Waals surface area (Å²) in [6.45, 7) is 4.59. The van der Waals surface area contributed by atoms with Gasteiger partial charge >= 0.3 is 5.97 Å². The smallest absolute Gasteiger partial charge is 0.313 e. The molecule has 0 atom stereocenters. The first kappa shape index (κ1) is 21.7. The summed E-state index contributed by atoms with van der Waals surface area (Å²) in [6.07, 6.45) is -0.312. The van der Waals surface area contributed by atoms with Crippen molar-refractivity contribution in [3.63, 3.8) is 0 Å². The number of rotatable bonds is 12. The Morgan fingerprint density at radius 2 is 1.57 bits per heavy atom. The Balaban J connectivity index is 1.55. The lowest BCUT2D eigenvalue weighted by Crippen LogP contribution is -2.33. The van der Waals surface area contributed by atoms with Gasteiger partial charge < -0.3 is 14.2 Å². The molecule has 0 saturated carbocycles. The Kier molecular flexibility index (Phi) is 8.28. The summed E-state index contributed by atoms with van der Waals surface area (Å²) in [4.78, 5) is 48.5. The molecule has 0 radical (unpaired) electrons. The first-order valence-corrected chi connectivity index (χ1v) is 9.18. The zero-order valence-electron chi connectivity index (χ0n) is 16.1. The third-order valence-corrected chi connectivity index (χ3v) is 3.89. The lowest BCUT2D eigenvalue weighted by Gasteiger charge is -2.13. The van der Waals surface area contributed by atoms with Crippen molar-refractivity contribution >= 4 is 23.6 Å². The quantitative estimate of drug-likeness (QED) is 0.230. The number of benzene rings is 1. The third kappa shape index (κ3) is 6.24. The van der Waals surface area contributed by atoms with E-state index in [0.717, 1.165) is 4.90 Å². The van der Waals surface area contributed by atoms with Gasteiger partial charge in [-0.05, 0) is 18.1 Å². The fraction of sp³-hybridized carbons (Fsp3) is 0.500. The van der Waals surface area contributed by atoms with Crippen LogP contribution in [-0.2, 0) is 23.8 Å². The van der Waals surface area contributed by atoms with E-state index in [1.165, 1.54) is 0 Å². The van der Waals surface area contributed by atoms with Crippen LogP contribution in [0.3, 0.4) is 0 Å². The van der Waals surface area contributed by atoms with Crippen LogP contribution in [0.2, 0.25) is 0 Å². The van der Waals surface area contributed by atoms with Gasteiger partial charge in [0.15, 0.2) is 5.78 Å². The highest BCUT2D eigenvalue weighted by molar-refractivity contribution is 6.21. The van der Waals surface area contributed by atoms with Crippen LogP contribution in [0, 0.1) is 5.92 Å². The van der Waals surface area contributed by atoms with Gasteiger partial charge in [-0.15, -0.1) is 0 Å². The molecule has 0 fully saturated rings. The molecule has 1 aliphatic rings. The number of hydrogen-bond donors (Lipinski definition) is 0. The summed E-state index contributed by atoms with van der Waals surface area (Å²) in [5, 5.41) is 0. The van der Waals surface area contributed by atoms with Crippen LogP contribution in [0.4, 0.5) is 0 Å². The van der Waals surface area contributed by atoms with Crippen LogP contribution in [0.25, 0.3) is 0 Å². The normalized spacial score (nSPS) is 13.2. The van der Waals surface area contributed by atoms with E-state index < -0.39 is 5.97 Å². The number of fused-ring (bicyclic) bond motifs is 1. The van der Waals surface area contributed by atoms with Crippen molar-refractivity contribution in [2.45, 2.75) is 20.3 Å². The van der Waals surface area contributed by atoms with Crippen molar-refractivity contribution < 1.29 is 33.4 Å². The molecule has 152 valence electrons. The number of Topliss-reactive ketones (excluding diaryl/α,β-unsaturated/α-hetero) is 1. The summed E-state index contributed by atoms with van der Waals surface area (Å²) < 4.78 is 15.4. The molecule has 2 amide bonds. The molecular formula is C20H25NO7. The molecule has 8 nitrogen and oxygen atoms in total. The number of carbonyl (C=O) groups excluding carboxylic acids is 4. The number of amides is 2. The van der Waals surface area contributed by atoms with E-state index in [9.17, 15) is 19.2 Å². The van der Waals surface area contributed by atoms with Crippen LogP contribution >= 0.6 is 0 Å². The summed E-state index contributed by atoms with van der Waals surface area (Å²) >= 11 is 0. The lowest BCUT2D eigenvalue weighted by molar-refractivity contribution is -0.147. The Labute approximate surface area is 163 Å². The van der Waals surface area contributed by atoms with Crippen molar-refractivity contribution in [2.75, 3.05) is 39.6 Å². The minimum atomic E-state index is -0.556. The number of carbonyl (C=O) groups is 4. The van der Waals surface area contributed by atoms with Crippen LogP contribution < -0.4 is 0 Å². The molecule has 0 aliphatic carbocycles. The second-order valence-electron chi connectivity index (χ2n) is 6.76. The maximum atomic E-state index is 12.2. The SMILES string of the molecule is CC(C)COC(=O)CC(=O)COCCOCCN1C(=O)c2ccccc2C1=O. The monoisotopic (exact) mass is 391 g/mol. The predicted octanol–water partition coefficient (Wildman–Crippen LogP) is 1.47. The third-order valence-electron chi connectivity index (χ3n) is 3.89. The summed E-state index contributed by atoms with van der Waals surface area (Å²) in [6, 6.07) is 6.68. The second-order valence-corrected chi connectivity index (χ2v) is 6.76. The topological polar surface area (TPSA) is 99.2 Å². The van der Waals surface area contributed by atoms with Gasteiger partial charge in [0.05, 0.1) is 44.1 Å². The largest absolute Gasteiger partial charge is 0.465 e. The number of ether oxygens (including phenoxy) is 3. The zero-order chi connectivity index (χ0) is 20.5. The van der Waals surface area contributed by atoms with Gasteiger partial charge in [0.25, 0.3) is 11.8 Å². The maximum Gasteiger partial charge on any atom is 0.313 e. The lowest BCUT2D eigenvalue weighted by atomic mass is 10.1. The standard InChI is InChI=1S/C20H25NO7/c1-14(2)12-28-18(23)11-15(22)13-27-10-9-26-8-7-21-19(24)16-5-3-4-6-17(16)20(21)25/h3-6,14H,7-13H2,1-2H3. The number of nitrogens with zero attached hydrogens (tertiary/aromatic N) is 1. The van der Waals surface area contributed by atoms with Gasteiger partial charge in [0.1, 0.15) is 13.0 Å². The van der Waals surface area contributed by atoms with Crippen molar-refractivity contribution in [1.29, 1.82) is 0 Å². The average Bonchev–Trinajstić information content (AvgIpc) is 2.90. The first-order valence-electron chi connectivity index (χ1n) is 9.18. The Morgan fingerprint density at radius 3 is 2.18 bits per heavy atom. The maximum absolute atomic E-state index is 12.2. The highest BCUT2D eigenvalue weighted by Crippen LogP contribution is 2.21. The van der Waals surface area contributed by atoms with E-state index in [2.05, 4.69) is 0 Å². The van der Waals surface area contributed by atoms with E-state index in [-0.39, 0.29) is 69.5 Å². The fourth-order valence-electron chi connectivity index (χ4n) is 2.53. The van der Waals surface area contributed by atoms with Gasteiger partial charge in [-0.1, -0.05) is 26.0 Å². The summed E-state index contributed by atoms with van der Waals surface area (Å²) in [5.74, 6) is -1.35. The molecule has 0 saturated heterocycles. The molecule has 1 aromatic carbocycles. The molecule has 0 unspecified atom stereocenters. The van der Waals surface area contributed by atoms with Crippen LogP contribution in [0.5, 0.6) is 0 Å². The van der Waals surface area contributed by atoms with Gasteiger partial charge in [0, 0.05) is 0 Å².